The number of nitrogens with one attached hydrogen (secondary N) is 1. The Kier molecular flexibility index (Phi) is 5.80. The van der Waals surface area contributed by atoms with Crippen LogP contribution in [-0.2, 0) is 0 Å². The molecule has 1 aliphatic rings. The van der Waals surface area contributed by atoms with Gasteiger partial charge in [0.2, 0.25) is 5.95 Å². The van der Waals surface area contributed by atoms with E-state index in [9.17, 15) is 13.2 Å². The summed E-state index contributed by atoms with van der Waals surface area (Å²) >= 11 is 0. The number of nitrogens with two attached hydrogens (primary N) is 1. The number of aromatic nitrogens is 3. The molecule has 1 saturated heterocycles. The van der Waals surface area contributed by atoms with Gasteiger partial charge in [-0.05, 0) is 36.4 Å². The third-order valence-electron chi connectivity index (χ3n) is 5.00. The fourth-order valence-corrected chi connectivity index (χ4v) is 3.44. The Morgan fingerprint density at radius 3 is 2.31 bits per heavy atom. The average molecular weight is 443 g/mol. The lowest BCUT2D eigenvalue weighted by atomic mass is 10.0. The average Bonchev–Trinajstić information content (AvgIpc) is 2.80. The Labute approximate surface area is 182 Å². The summed E-state index contributed by atoms with van der Waals surface area (Å²) in [6, 6.07) is 8.64. The number of hydrogen-bond donors (Lipinski definition) is 2. The molecule has 0 radical (unpaired) electrons. The topological polar surface area (TPSA) is 104 Å². The van der Waals surface area contributed by atoms with Crippen molar-refractivity contribution in [2.45, 2.75) is 6.36 Å². The van der Waals surface area contributed by atoms with Gasteiger partial charge in [0.1, 0.15) is 11.6 Å². The van der Waals surface area contributed by atoms with Crippen LogP contribution in [0.1, 0.15) is 11.1 Å². The van der Waals surface area contributed by atoms with Crippen molar-refractivity contribution in [3.8, 4) is 5.75 Å². The van der Waals surface area contributed by atoms with Gasteiger partial charge >= 0.3 is 6.36 Å². The number of hydrogen-bond acceptors (Lipinski definition) is 8. The van der Waals surface area contributed by atoms with E-state index in [1.807, 2.05) is 0 Å². The summed E-state index contributed by atoms with van der Waals surface area (Å²) in [5, 5.41) is 8.51. The van der Waals surface area contributed by atoms with Crippen LogP contribution in [0, 0.1) is 5.41 Å². The zero-order valence-electron chi connectivity index (χ0n) is 16.9. The van der Waals surface area contributed by atoms with Crippen molar-refractivity contribution < 1.29 is 17.9 Å². The molecule has 166 valence electrons. The number of benzene rings is 1. The molecule has 1 fully saturated rings. The Hall–Kier alpha value is -3.89. The van der Waals surface area contributed by atoms with Gasteiger partial charge in [-0.15, -0.1) is 13.2 Å². The number of alkyl halides is 3. The molecular formula is C21H20F3N7O. The maximum absolute atomic E-state index is 12.6. The van der Waals surface area contributed by atoms with Crippen molar-refractivity contribution in [2.24, 2.45) is 0 Å². The monoisotopic (exact) mass is 443 g/mol. The second kappa shape index (κ2) is 8.69. The van der Waals surface area contributed by atoms with Crippen molar-refractivity contribution in [2.75, 3.05) is 41.7 Å². The predicted octanol–water partition coefficient (Wildman–Crippen LogP) is 3.10. The molecule has 0 bridgehead atoms. The standard InChI is InChI=1S/C21H20F3N7O/c22-21(23,24)32-15-2-3-17(25)16(13-15)19(26)14-4-7-27-18(12-14)30-8-10-31(11-9-30)20-28-5-1-6-29-20/h1-7,12-13,26H,8-11,25H2. The first-order chi connectivity index (χ1) is 15.3. The van der Waals surface area contributed by atoms with Gasteiger partial charge in [0.25, 0.3) is 0 Å². The molecule has 3 N–H and O–H groups in total. The molecular weight excluding hydrogens is 423 g/mol. The van der Waals surface area contributed by atoms with E-state index >= 15 is 0 Å². The van der Waals surface area contributed by atoms with E-state index in [1.54, 1.807) is 36.8 Å². The number of ether oxygens (including phenoxy) is 1. The van der Waals surface area contributed by atoms with Crippen molar-refractivity contribution in [3.63, 3.8) is 0 Å². The molecule has 8 nitrogen and oxygen atoms in total. The van der Waals surface area contributed by atoms with Gasteiger partial charge < -0.3 is 20.3 Å². The number of nitrogens with zero attached hydrogens (tertiary/aromatic N) is 5. The minimum atomic E-state index is -4.83. The molecule has 11 heteroatoms. The van der Waals surface area contributed by atoms with Gasteiger partial charge in [0, 0.05) is 61.6 Å². The van der Waals surface area contributed by atoms with Crippen molar-refractivity contribution in [1.82, 2.24) is 15.0 Å². The van der Waals surface area contributed by atoms with E-state index in [0.29, 0.717) is 43.5 Å². The van der Waals surface area contributed by atoms with Crippen molar-refractivity contribution in [3.05, 3.63) is 66.1 Å². The lowest BCUT2D eigenvalue weighted by molar-refractivity contribution is -0.274. The summed E-state index contributed by atoms with van der Waals surface area (Å²) in [6.45, 7) is 2.77. The predicted molar refractivity (Wildman–Crippen MR) is 114 cm³/mol. The van der Waals surface area contributed by atoms with E-state index in [4.69, 9.17) is 11.1 Å². The zero-order chi connectivity index (χ0) is 22.7. The highest BCUT2D eigenvalue weighted by Crippen LogP contribution is 2.28. The van der Waals surface area contributed by atoms with Crippen LogP contribution in [0.3, 0.4) is 0 Å². The van der Waals surface area contributed by atoms with E-state index in [0.717, 1.165) is 12.1 Å². The molecule has 2 aromatic heterocycles. The Morgan fingerprint density at radius 2 is 1.62 bits per heavy atom. The summed E-state index contributed by atoms with van der Waals surface area (Å²) in [7, 11) is 0. The third-order valence-corrected chi connectivity index (χ3v) is 5.00. The van der Waals surface area contributed by atoms with Crippen molar-refractivity contribution in [1.29, 1.82) is 5.41 Å². The minimum absolute atomic E-state index is 0.0184. The Balaban J connectivity index is 1.50. The summed E-state index contributed by atoms with van der Waals surface area (Å²) in [6.07, 6.45) is 0.141. The SMILES string of the molecule is N=C(c1ccnc(N2CCN(c3ncccn3)CC2)c1)c1cc(OC(F)(F)F)ccc1N. The number of pyridine rings is 1. The molecule has 4 rings (SSSR count). The number of nitrogen functional groups attached to an aromatic ring is 1. The maximum atomic E-state index is 12.6. The van der Waals surface area contributed by atoms with Gasteiger partial charge in [-0.3, -0.25) is 5.41 Å². The summed E-state index contributed by atoms with van der Waals surface area (Å²) in [4.78, 5) is 17.1. The Bertz CT molecular complexity index is 1100. The molecule has 0 unspecified atom stereocenters. The van der Waals surface area contributed by atoms with E-state index in [2.05, 4.69) is 29.5 Å². The minimum Gasteiger partial charge on any atom is -0.406 e. The second-order valence-corrected chi connectivity index (χ2v) is 7.10. The van der Waals surface area contributed by atoms with E-state index in [-0.39, 0.29) is 17.0 Å². The summed E-state index contributed by atoms with van der Waals surface area (Å²) in [5.74, 6) is 0.911. The van der Waals surface area contributed by atoms with Crippen LogP contribution in [0.5, 0.6) is 5.75 Å². The smallest absolute Gasteiger partial charge is 0.406 e. The highest BCUT2D eigenvalue weighted by atomic mass is 19.4. The number of anilines is 3. The van der Waals surface area contributed by atoms with Gasteiger partial charge in [-0.25, -0.2) is 15.0 Å². The fraction of sp³-hybridized carbons (Fsp3) is 0.238. The van der Waals surface area contributed by atoms with Crippen LogP contribution in [0.15, 0.2) is 55.0 Å². The first-order valence-electron chi connectivity index (χ1n) is 9.78. The van der Waals surface area contributed by atoms with E-state index in [1.165, 1.54) is 6.07 Å². The van der Waals surface area contributed by atoms with E-state index < -0.39 is 12.1 Å². The molecule has 0 aliphatic carbocycles. The third kappa shape index (κ3) is 4.88. The van der Waals surface area contributed by atoms with Crippen molar-refractivity contribution >= 4 is 23.2 Å². The molecule has 1 aliphatic heterocycles. The van der Waals surface area contributed by atoms with Gasteiger partial charge in [-0.1, -0.05) is 0 Å². The summed E-state index contributed by atoms with van der Waals surface area (Å²) in [5.41, 5.74) is 6.72. The quantitative estimate of drug-likeness (QED) is 0.461. The highest BCUT2D eigenvalue weighted by molar-refractivity contribution is 6.14. The van der Waals surface area contributed by atoms with Gasteiger partial charge in [0.15, 0.2) is 0 Å². The second-order valence-electron chi connectivity index (χ2n) is 7.10. The van der Waals surface area contributed by atoms with Gasteiger partial charge in [0.05, 0.1) is 5.71 Å². The molecule has 1 aromatic carbocycles. The molecule has 32 heavy (non-hydrogen) atoms. The van der Waals surface area contributed by atoms with Gasteiger partial charge in [-0.2, -0.15) is 0 Å². The van der Waals surface area contributed by atoms with Crippen LogP contribution in [0.4, 0.5) is 30.6 Å². The normalized spacial score (nSPS) is 14.3. The van der Waals surface area contributed by atoms with Crippen LogP contribution >= 0.6 is 0 Å². The first kappa shape index (κ1) is 21.3. The fourth-order valence-electron chi connectivity index (χ4n) is 3.44. The van der Waals surface area contributed by atoms with Crippen LogP contribution in [0.2, 0.25) is 0 Å². The molecule has 0 amide bonds. The molecule has 3 aromatic rings. The Morgan fingerprint density at radius 1 is 0.938 bits per heavy atom. The van der Waals surface area contributed by atoms with Crippen LogP contribution in [0.25, 0.3) is 0 Å². The molecule has 0 atom stereocenters. The molecule has 0 saturated carbocycles. The molecule has 0 spiro atoms. The van der Waals surface area contributed by atoms with Crippen LogP contribution < -0.4 is 20.3 Å². The number of piperazine rings is 1. The lowest BCUT2D eigenvalue weighted by Crippen LogP contribution is -2.47. The molecule has 3 heterocycles. The van der Waals surface area contributed by atoms with Crippen LogP contribution in [-0.4, -0.2) is 53.2 Å². The zero-order valence-corrected chi connectivity index (χ0v) is 16.9. The number of rotatable bonds is 5. The maximum Gasteiger partial charge on any atom is 0.573 e. The lowest BCUT2D eigenvalue weighted by Gasteiger charge is -2.35. The largest absolute Gasteiger partial charge is 0.573 e. The summed E-state index contributed by atoms with van der Waals surface area (Å²) < 4.78 is 41.6. The number of halogens is 3. The first-order valence-corrected chi connectivity index (χ1v) is 9.78. The highest BCUT2D eigenvalue weighted by Gasteiger charge is 2.31.